The smallest absolute Gasteiger partial charge is 0.225 e. The van der Waals surface area contributed by atoms with Gasteiger partial charge in [0, 0.05) is 51.9 Å². The molecule has 0 radical (unpaired) electrons. The molecular formula is C22H34N4O3. The first-order chi connectivity index (χ1) is 14.1. The summed E-state index contributed by atoms with van der Waals surface area (Å²) in [6.45, 7) is 7.44. The summed E-state index contributed by atoms with van der Waals surface area (Å²) >= 11 is 0. The van der Waals surface area contributed by atoms with Gasteiger partial charge >= 0.3 is 0 Å². The van der Waals surface area contributed by atoms with Crippen LogP contribution in [-0.2, 0) is 27.9 Å². The van der Waals surface area contributed by atoms with Gasteiger partial charge in [-0.15, -0.1) is 0 Å². The van der Waals surface area contributed by atoms with Crippen molar-refractivity contribution in [3.8, 4) is 0 Å². The molecule has 4 fully saturated rings. The molecule has 3 atom stereocenters. The highest BCUT2D eigenvalue weighted by atomic mass is 16.5. The van der Waals surface area contributed by atoms with Gasteiger partial charge in [-0.2, -0.15) is 0 Å². The predicted octanol–water partition coefficient (Wildman–Crippen LogP) is 1.68. The average molecular weight is 403 g/mol. The highest BCUT2D eigenvalue weighted by Gasteiger charge is 2.43. The fourth-order valence-electron chi connectivity index (χ4n) is 5.86. The quantitative estimate of drug-likeness (QED) is 0.767. The topological polar surface area (TPSA) is 59.8 Å². The number of likely N-dealkylation sites (tertiary alicyclic amines) is 2. The minimum atomic E-state index is 0.108. The molecule has 0 unspecified atom stereocenters. The van der Waals surface area contributed by atoms with E-state index in [1.807, 2.05) is 12.5 Å². The minimum Gasteiger partial charge on any atom is -0.381 e. The molecular weight excluding hydrogens is 368 g/mol. The molecule has 7 nitrogen and oxygen atoms in total. The first kappa shape index (κ1) is 19.5. The summed E-state index contributed by atoms with van der Waals surface area (Å²) in [7, 11) is 2.05. The second kappa shape index (κ2) is 8.00. The zero-order valence-corrected chi connectivity index (χ0v) is 17.6. The van der Waals surface area contributed by atoms with Crippen molar-refractivity contribution >= 4 is 5.91 Å². The molecule has 5 heterocycles. The third kappa shape index (κ3) is 3.97. The Balaban J connectivity index is 1.11. The highest BCUT2D eigenvalue weighted by molar-refractivity contribution is 5.77. The minimum absolute atomic E-state index is 0.108. The molecule has 0 aromatic carbocycles. The molecule has 1 aromatic heterocycles. The SMILES string of the molecule is Cn1cncc1CN1CC[C@@H]2[C@@H](CO[C@H]2CC(=O)N2CCC3(CCOC3)CC2)C1. The van der Waals surface area contributed by atoms with Gasteiger partial charge in [-0.1, -0.05) is 0 Å². The molecule has 0 aliphatic carbocycles. The number of nitrogens with zero attached hydrogens (tertiary/aromatic N) is 4. The zero-order chi connectivity index (χ0) is 19.8. The van der Waals surface area contributed by atoms with Crippen molar-refractivity contribution in [3.63, 3.8) is 0 Å². The number of aryl methyl sites for hydroxylation is 1. The molecule has 1 aromatic rings. The average Bonchev–Trinajstić information content (AvgIpc) is 3.45. The van der Waals surface area contributed by atoms with E-state index in [-0.39, 0.29) is 6.10 Å². The van der Waals surface area contributed by atoms with Crippen molar-refractivity contribution in [2.24, 2.45) is 24.3 Å². The fraction of sp³-hybridized carbons (Fsp3) is 0.818. The van der Waals surface area contributed by atoms with Crippen molar-refractivity contribution in [1.29, 1.82) is 0 Å². The van der Waals surface area contributed by atoms with Gasteiger partial charge in [0.25, 0.3) is 0 Å². The lowest BCUT2D eigenvalue weighted by atomic mass is 9.78. The lowest BCUT2D eigenvalue weighted by Gasteiger charge is -2.39. The van der Waals surface area contributed by atoms with Gasteiger partial charge in [0.2, 0.25) is 5.91 Å². The Kier molecular flexibility index (Phi) is 5.39. The Morgan fingerprint density at radius 2 is 2.14 bits per heavy atom. The third-order valence-corrected chi connectivity index (χ3v) is 7.92. The number of carbonyl (C=O) groups excluding carboxylic acids is 1. The maximum absolute atomic E-state index is 12.9. The number of hydrogen-bond acceptors (Lipinski definition) is 5. The summed E-state index contributed by atoms with van der Waals surface area (Å²) in [5, 5.41) is 0. The maximum atomic E-state index is 12.9. The number of aromatic nitrogens is 2. The lowest BCUT2D eigenvalue weighted by Crippen LogP contribution is -2.45. The Hall–Kier alpha value is -1.44. The van der Waals surface area contributed by atoms with Crippen molar-refractivity contribution < 1.29 is 14.3 Å². The summed E-state index contributed by atoms with van der Waals surface area (Å²) in [6, 6.07) is 0. The molecule has 29 heavy (non-hydrogen) atoms. The molecule has 1 spiro atoms. The van der Waals surface area contributed by atoms with Crippen LogP contribution in [0.5, 0.6) is 0 Å². The van der Waals surface area contributed by atoms with Gasteiger partial charge in [-0.3, -0.25) is 9.69 Å². The standard InChI is InChI=1S/C22H34N4O3/c1-24-16-23-11-18(24)13-25-6-2-19-17(12-25)14-29-20(19)10-21(27)26-7-3-22(4-8-26)5-9-28-15-22/h11,16-17,19-20H,2-10,12-15H2,1H3/t17-,19-,20+/m1/s1. The Morgan fingerprint density at radius 1 is 1.28 bits per heavy atom. The van der Waals surface area contributed by atoms with E-state index in [1.54, 1.807) is 0 Å². The summed E-state index contributed by atoms with van der Waals surface area (Å²) in [4.78, 5) is 21.8. The number of ether oxygens (including phenoxy) is 2. The van der Waals surface area contributed by atoms with Crippen LogP contribution >= 0.6 is 0 Å². The highest BCUT2D eigenvalue weighted by Crippen LogP contribution is 2.40. The first-order valence-electron chi connectivity index (χ1n) is 11.3. The van der Waals surface area contributed by atoms with E-state index in [2.05, 4.69) is 26.4 Å². The lowest BCUT2D eigenvalue weighted by molar-refractivity contribution is -0.136. The van der Waals surface area contributed by atoms with Crippen LogP contribution in [0, 0.1) is 17.3 Å². The van der Waals surface area contributed by atoms with Crippen LogP contribution in [0.2, 0.25) is 0 Å². The van der Waals surface area contributed by atoms with E-state index in [0.717, 1.165) is 71.8 Å². The summed E-state index contributed by atoms with van der Waals surface area (Å²) < 4.78 is 13.9. The monoisotopic (exact) mass is 402 g/mol. The van der Waals surface area contributed by atoms with E-state index < -0.39 is 0 Å². The number of carbonyl (C=O) groups is 1. The van der Waals surface area contributed by atoms with E-state index in [0.29, 0.717) is 29.6 Å². The fourth-order valence-corrected chi connectivity index (χ4v) is 5.86. The van der Waals surface area contributed by atoms with Gasteiger partial charge in [0.05, 0.1) is 37.8 Å². The van der Waals surface area contributed by atoms with Gasteiger partial charge in [0.1, 0.15) is 0 Å². The number of hydrogen-bond donors (Lipinski definition) is 0. The molecule has 4 aliphatic heterocycles. The van der Waals surface area contributed by atoms with E-state index in [4.69, 9.17) is 9.47 Å². The molecule has 0 saturated carbocycles. The van der Waals surface area contributed by atoms with Crippen LogP contribution in [0.3, 0.4) is 0 Å². The van der Waals surface area contributed by atoms with Crippen LogP contribution in [0.25, 0.3) is 0 Å². The molecule has 1 amide bonds. The van der Waals surface area contributed by atoms with E-state index in [1.165, 1.54) is 12.1 Å². The van der Waals surface area contributed by atoms with Crippen molar-refractivity contribution in [1.82, 2.24) is 19.4 Å². The van der Waals surface area contributed by atoms with Crippen LogP contribution in [0.1, 0.15) is 37.8 Å². The van der Waals surface area contributed by atoms with Crippen molar-refractivity contribution in [3.05, 3.63) is 18.2 Å². The molecule has 4 saturated heterocycles. The first-order valence-corrected chi connectivity index (χ1v) is 11.3. The molecule has 0 N–H and O–H groups in total. The Bertz CT molecular complexity index is 719. The van der Waals surface area contributed by atoms with Crippen LogP contribution < -0.4 is 0 Å². The van der Waals surface area contributed by atoms with Gasteiger partial charge in [-0.05, 0) is 43.6 Å². The molecule has 5 rings (SSSR count). The van der Waals surface area contributed by atoms with Crippen molar-refractivity contribution in [2.45, 2.75) is 44.8 Å². The summed E-state index contributed by atoms with van der Waals surface area (Å²) in [5.41, 5.74) is 1.61. The van der Waals surface area contributed by atoms with E-state index >= 15 is 0 Å². The van der Waals surface area contributed by atoms with Crippen LogP contribution in [-0.4, -0.2) is 77.4 Å². The zero-order valence-electron chi connectivity index (χ0n) is 17.6. The van der Waals surface area contributed by atoms with Gasteiger partial charge in [-0.25, -0.2) is 4.98 Å². The second-order valence-electron chi connectivity index (χ2n) is 9.70. The number of fused-ring (bicyclic) bond motifs is 1. The number of amides is 1. The molecule has 7 heteroatoms. The van der Waals surface area contributed by atoms with Crippen LogP contribution in [0.15, 0.2) is 12.5 Å². The second-order valence-corrected chi connectivity index (χ2v) is 9.70. The summed E-state index contributed by atoms with van der Waals surface area (Å²) in [5.74, 6) is 1.37. The number of rotatable bonds is 4. The van der Waals surface area contributed by atoms with E-state index in [9.17, 15) is 4.79 Å². The van der Waals surface area contributed by atoms with Crippen LogP contribution in [0.4, 0.5) is 0 Å². The Labute approximate surface area is 173 Å². The van der Waals surface area contributed by atoms with Crippen molar-refractivity contribution in [2.75, 3.05) is 46.0 Å². The molecule has 0 bridgehead atoms. The molecule has 4 aliphatic rings. The third-order valence-electron chi connectivity index (χ3n) is 7.92. The normalized spacial score (nSPS) is 32.0. The predicted molar refractivity (Wildman–Crippen MR) is 108 cm³/mol. The molecule has 160 valence electrons. The Morgan fingerprint density at radius 3 is 2.86 bits per heavy atom. The number of piperidine rings is 2. The summed E-state index contributed by atoms with van der Waals surface area (Å²) in [6.07, 6.45) is 8.98. The van der Waals surface area contributed by atoms with Gasteiger partial charge in [0.15, 0.2) is 0 Å². The largest absolute Gasteiger partial charge is 0.381 e. The maximum Gasteiger partial charge on any atom is 0.225 e. The number of imidazole rings is 1. The van der Waals surface area contributed by atoms with Gasteiger partial charge < -0.3 is 18.9 Å².